The third kappa shape index (κ3) is 5.04. The van der Waals surface area contributed by atoms with Gasteiger partial charge in [0.1, 0.15) is 40.0 Å². The lowest BCUT2D eigenvalue weighted by Crippen LogP contribution is -2.41. The molecule has 208 valence electrons. The van der Waals surface area contributed by atoms with E-state index in [0.29, 0.717) is 11.7 Å². The van der Waals surface area contributed by atoms with Crippen LogP contribution in [0.1, 0.15) is 35.5 Å². The number of imidazole rings is 1. The maximum absolute atomic E-state index is 13.8. The number of fused-ring (bicyclic) bond motifs is 1. The number of nitrogens with one attached hydrogen (secondary N) is 2. The molecule has 6 rings (SSSR count). The SMILES string of the molecule is C=C1N=C2NC(=O)C(c3nccs3)C2=C(N2CCC(c3nc(-c4ccc(F)c(Cl)c4)cn3CCN(C)C)CC2)N1. The van der Waals surface area contributed by atoms with Crippen molar-refractivity contribution in [1.82, 2.24) is 35.0 Å². The van der Waals surface area contributed by atoms with Crippen molar-refractivity contribution in [3.8, 4) is 11.3 Å². The van der Waals surface area contributed by atoms with E-state index in [0.717, 1.165) is 72.5 Å². The minimum atomic E-state index is -0.498. The maximum Gasteiger partial charge on any atom is 0.240 e. The Balaban J connectivity index is 1.27. The molecule has 2 saturated heterocycles. The average Bonchev–Trinajstić information content (AvgIpc) is 3.67. The standard InChI is InChI=1S/C28H30ClFN8OS/c1-16-32-24-22(23(27(39)35-24)28-31-8-13-40-28)26(33-16)37-9-6-17(7-10-37)25-34-21(15-38(25)12-11-36(2)3)18-4-5-20(30)19(29)14-18/h4-5,8,13-15,17,23,33H,1,6-7,9-12H2,2-3H3,(H,32,35,39). The molecule has 0 aliphatic carbocycles. The molecule has 3 aliphatic rings. The van der Waals surface area contributed by atoms with Crippen LogP contribution in [0.3, 0.4) is 0 Å². The van der Waals surface area contributed by atoms with Gasteiger partial charge >= 0.3 is 0 Å². The predicted molar refractivity (Wildman–Crippen MR) is 154 cm³/mol. The zero-order chi connectivity index (χ0) is 28.0. The van der Waals surface area contributed by atoms with Crippen molar-refractivity contribution in [3.05, 3.63) is 81.4 Å². The van der Waals surface area contributed by atoms with Crippen LogP contribution in [0, 0.1) is 5.82 Å². The van der Waals surface area contributed by atoms with E-state index in [1.54, 1.807) is 18.3 Å². The van der Waals surface area contributed by atoms with Gasteiger partial charge in [-0.25, -0.2) is 19.4 Å². The van der Waals surface area contributed by atoms with E-state index in [1.807, 2.05) is 11.6 Å². The molecule has 12 heteroatoms. The zero-order valence-electron chi connectivity index (χ0n) is 22.3. The first-order valence-corrected chi connectivity index (χ1v) is 14.5. The number of carbonyl (C=O) groups excluding carboxylic acids is 1. The van der Waals surface area contributed by atoms with Crippen LogP contribution in [-0.2, 0) is 11.3 Å². The average molecular weight is 581 g/mol. The topological polar surface area (TPSA) is 90.7 Å². The van der Waals surface area contributed by atoms with Gasteiger partial charge in [-0.05, 0) is 45.1 Å². The number of likely N-dealkylation sites (tertiary alicyclic amines) is 1. The number of rotatable bonds is 7. The van der Waals surface area contributed by atoms with Gasteiger partial charge in [0.05, 0.1) is 16.3 Å². The normalized spacial score (nSPS) is 19.7. The largest absolute Gasteiger partial charge is 0.358 e. The second-order valence-electron chi connectivity index (χ2n) is 10.5. The Morgan fingerprint density at radius 2 is 2.05 bits per heavy atom. The molecule has 0 saturated carbocycles. The molecule has 3 aliphatic heterocycles. The number of aromatic nitrogens is 3. The Labute approximate surface area is 241 Å². The van der Waals surface area contributed by atoms with Crippen LogP contribution < -0.4 is 10.6 Å². The molecule has 5 heterocycles. The van der Waals surface area contributed by atoms with E-state index >= 15 is 0 Å². The lowest BCUT2D eigenvalue weighted by atomic mass is 9.94. The van der Waals surface area contributed by atoms with Gasteiger partial charge in [0.15, 0.2) is 0 Å². The number of amidine groups is 1. The molecule has 9 nitrogen and oxygen atoms in total. The van der Waals surface area contributed by atoms with E-state index in [1.165, 1.54) is 17.4 Å². The monoisotopic (exact) mass is 580 g/mol. The van der Waals surface area contributed by atoms with E-state index in [-0.39, 0.29) is 16.8 Å². The summed E-state index contributed by atoms with van der Waals surface area (Å²) in [5.74, 6) is 2.12. The number of likely N-dealkylation sites (N-methyl/N-ethyl adjacent to an activating group) is 1. The number of carbonyl (C=O) groups is 1. The summed E-state index contributed by atoms with van der Waals surface area (Å²) < 4.78 is 16.0. The van der Waals surface area contributed by atoms with E-state index in [2.05, 4.69) is 55.7 Å². The lowest BCUT2D eigenvalue weighted by Gasteiger charge is -2.37. The van der Waals surface area contributed by atoms with Crippen LogP contribution in [0.2, 0.25) is 5.02 Å². The summed E-state index contributed by atoms with van der Waals surface area (Å²) >= 11 is 7.54. The van der Waals surface area contributed by atoms with Crippen LogP contribution in [0.4, 0.5) is 4.39 Å². The molecule has 2 N–H and O–H groups in total. The van der Waals surface area contributed by atoms with Crippen LogP contribution in [0.5, 0.6) is 0 Å². The van der Waals surface area contributed by atoms with Crippen molar-refractivity contribution in [1.29, 1.82) is 0 Å². The highest BCUT2D eigenvalue weighted by atomic mass is 35.5. The highest BCUT2D eigenvalue weighted by Gasteiger charge is 2.43. The fraction of sp³-hybridized carbons (Fsp3) is 0.357. The van der Waals surface area contributed by atoms with Crippen molar-refractivity contribution in [2.24, 2.45) is 4.99 Å². The lowest BCUT2D eigenvalue weighted by molar-refractivity contribution is -0.119. The molecule has 1 atom stereocenters. The van der Waals surface area contributed by atoms with Crippen molar-refractivity contribution >= 4 is 34.7 Å². The van der Waals surface area contributed by atoms with Gasteiger partial charge in [-0.15, -0.1) is 11.3 Å². The quantitative estimate of drug-likeness (QED) is 0.437. The Bertz CT molecular complexity index is 1520. The first-order chi connectivity index (χ1) is 19.3. The molecule has 2 fully saturated rings. The van der Waals surface area contributed by atoms with Gasteiger partial charge in [0.2, 0.25) is 5.91 Å². The van der Waals surface area contributed by atoms with E-state index < -0.39 is 11.7 Å². The van der Waals surface area contributed by atoms with Crippen molar-refractivity contribution < 1.29 is 9.18 Å². The third-order valence-electron chi connectivity index (χ3n) is 7.50. The number of piperidine rings is 1. The van der Waals surface area contributed by atoms with Gasteiger partial charge in [-0.3, -0.25) is 4.79 Å². The van der Waals surface area contributed by atoms with Gasteiger partial charge in [-0.2, -0.15) is 0 Å². The van der Waals surface area contributed by atoms with Crippen LogP contribution in [0.15, 0.2) is 64.8 Å². The number of aliphatic imine (C=N–C) groups is 1. The summed E-state index contributed by atoms with van der Waals surface area (Å²) in [6, 6.07) is 4.73. The van der Waals surface area contributed by atoms with Crippen LogP contribution >= 0.6 is 22.9 Å². The number of hydrogen-bond acceptors (Lipinski definition) is 8. The second-order valence-corrected chi connectivity index (χ2v) is 11.8. The molecular weight excluding hydrogens is 551 g/mol. The minimum absolute atomic E-state index is 0.0881. The summed E-state index contributed by atoms with van der Waals surface area (Å²) in [4.78, 5) is 31.3. The predicted octanol–water partition coefficient (Wildman–Crippen LogP) is 4.14. The van der Waals surface area contributed by atoms with Crippen molar-refractivity contribution in [3.63, 3.8) is 0 Å². The summed E-state index contributed by atoms with van der Waals surface area (Å²) in [6.45, 7) is 7.22. The summed E-state index contributed by atoms with van der Waals surface area (Å²) in [5, 5.41) is 8.98. The highest BCUT2D eigenvalue weighted by molar-refractivity contribution is 7.09. The van der Waals surface area contributed by atoms with E-state index in [4.69, 9.17) is 16.6 Å². The first kappa shape index (κ1) is 26.7. The summed E-state index contributed by atoms with van der Waals surface area (Å²) in [5.41, 5.74) is 2.41. The minimum Gasteiger partial charge on any atom is -0.358 e. The first-order valence-electron chi connectivity index (χ1n) is 13.2. The number of halogens is 2. The maximum atomic E-state index is 13.8. The Kier molecular flexibility index (Phi) is 7.20. The summed E-state index contributed by atoms with van der Waals surface area (Å²) in [6.07, 6.45) is 5.52. The Morgan fingerprint density at radius 1 is 1.25 bits per heavy atom. The Hall–Kier alpha value is -3.54. The molecule has 1 aromatic carbocycles. The smallest absolute Gasteiger partial charge is 0.240 e. The molecule has 2 aromatic heterocycles. The number of amides is 1. The van der Waals surface area contributed by atoms with E-state index in [9.17, 15) is 9.18 Å². The van der Waals surface area contributed by atoms with Gasteiger partial charge in [0, 0.05) is 55.4 Å². The molecule has 40 heavy (non-hydrogen) atoms. The fourth-order valence-corrected chi connectivity index (χ4v) is 6.41. The molecule has 1 unspecified atom stereocenters. The summed E-state index contributed by atoms with van der Waals surface area (Å²) in [7, 11) is 4.10. The molecule has 0 bridgehead atoms. The van der Waals surface area contributed by atoms with Crippen molar-refractivity contribution in [2.75, 3.05) is 33.7 Å². The van der Waals surface area contributed by atoms with Gasteiger partial charge in [0.25, 0.3) is 0 Å². The van der Waals surface area contributed by atoms with Gasteiger partial charge < -0.3 is 25.0 Å². The highest BCUT2D eigenvalue weighted by Crippen LogP contribution is 2.38. The Morgan fingerprint density at radius 3 is 2.75 bits per heavy atom. The molecule has 0 radical (unpaired) electrons. The molecule has 3 aromatic rings. The molecule has 1 amide bonds. The molecular formula is C28H30ClFN8OS. The third-order valence-corrected chi connectivity index (χ3v) is 8.63. The fourth-order valence-electron chi connectivity index (χ4n) is 5.49. The number of hydrogen-bond donors (Lipinski definition) is 2. The van der Waals surface area contributed by atoms with Gasteiger partial charge in [-0.1, -0.05) is 18.2 Å². The molecule has 0 spiro atoms. The number of nitrogens with zero attached hydrogens (tertiary/aromatic N) is 6. The zero-order valence-corrected chi connectivity index (χ0v) is 23.9. The number of thiazole rings is 1. The van der Waals surface area contributed by atoms with Crippen molar-refractivity contribution in [2.45, 2.75) is 31.2 Å². The number of benzene rings is 1. The van der Waals surface area contributed by atoms with Crippen LogP contribution in [-0.4, -0.2) is 69.8 Å². The van der Waals surface area contributed by atoms with Crippen LogP contribution in [0.25, 0.3) is 11.3 Å². The second kappa shape index (κ2) is 10.8.